The quantitative estimate of drug-likeness (QED) is 0.0376. The number of Topliss-reactive ketones (excluding diaryl/α,β-unsaturated/α-hetero) is 1. The molecule has 0 saturated carbocycles. The minimum atomic E-state index is -1.13. The molecule has 0 radical (unpaired) electrons. The smallest absolute Gasteiger partial charge is 0.379 e. The molecule has 0 aromatic heterocycles. The second kappa shape index (κ2) is 41.9. The minimum absolute atomic E-state index is 0.0133. The van der Waals surface area contributed by atoms with E-state index in [1.807, 2.05) is 0 Å². The van der Waals surface area contributed by atoms with Crippen molar-refractivity contribution in [3.8, 4) is 0 Å². The maximum absolute atomic E-state index is 11.9. The molecule has 20 heteroatoms. The third kappa shape index (κ3) is 37.1. The van der Waals surface area contributed by atoms with Crippen molar-refractivity contribution in [2.24, 2.45) is 0 Å². The Labute approximate surface area is 340 Å². The van der Waals surface area contributed by atoms with Gasteiger partial charge in [-0.25, -0.2) is 9.59 Å². The normalized spacial score (nSPS) is 11.2. The molecule has 0 fully saturated rings. The predicted molar refractivity (Wildman–Crippen MR) is 203 cm³/mol. The van der Waals surface area contributed by atoms with E-state index >= 15 is 0 Å². The Morgan fingerprint density at radius 3 is 1.03 bits per heavy atom. The van der Waals surface area contributed by atoms with Crippen molar-refractivity contribution in [3.63, 3.8) is 0 Å². The van der Waals surface area contributed by atoms with E-state index in [4.69, 9.17) is 66.7 Å². The van der Waals surface area contributed by atoms with Crippen LogP contribution in [0.1, 0.15) is 10.4 Å². The first-order valence-corrected chi connectivity index (χ1v) is 19.3. The number of carboxylic acids is 1. The Balaban J connectivity index is 1.64. The van der Waals surface area contributed by atoms with E-state index in [2.05, 4.69) is 10.1 Å². The van der Waals surface area contributed by atoms with Crippen molar-refractivity contribution < 1.29 is 90.6 Å². The van der Waals surface area contributed by atoms with E-state index in [9.17, 15) is 19.2 Å². The van der Waals surface area contributed by atoms with Gasteiger partial charge in [0, 0.05) is 12.1 Å². The summed E-state index contributed by atoms with van der Waals surface area (Å²) in [5.74, 6) is -3.12. The Bertz CT molecular complexity index is 1120. The zero-order chi connectivity index (χ0) is 41.8. The third-order valence-corrected chi connectivity index (χ3v) is 6.80. The number of carbonyl (C=O) groups is 4. The number of ether oxygens (including phenoxy) is 14. The number of esters is 1. The van der Waals surface area contributed by atoms with Crippen molar-refractivity contribution in [1.29, 1.82) is 0 Å². The number of ketones is 1. The lowest BCUT2D eigenvalue weighted by Gasteiger charge is -2.09. The molecule has 1 aromatic carbocycles. The first-order chi connectivity index (χ1) is 28.5. The second-order valence-corrected chi connectivity index (χ2v) is 11.4. The highest BCUT2D eigenvalue weighted by molar-refractivity contribution is 6.40. The summed E-state index contributed by atoms with van der Waals surface area (Å²) in [6.07, 6.45) is 0. The van der Waals surface area contributed by atoms with Crippen molar-refractivity contribution in [2.75, 3.05) is 185 Å². The Kier molecular flexibility index (Phi) is 38.2. The highest BCUT2D eigenvalue weighted by atomic mass is 16.6. The van der Waals surface area contributed by atoms with E-state index in [0.717, 1.165) is 0 Å². The average molecular weight is 838 g/mol. The monoisotopic (exact) mass is 837 g/mol. The van der Waals surface area contributed by atoms with E-state index in [0.29, 0.717) is 159 Å². The van der Waals surface area contributed by atoms with E-state index < -0.39 is 30.2 Å². The number of nitrogens with one attached hydrogen (secondary N) is 1. The fourth-order valence-electron chi connectivity index (χ4n) is 4.03. The van der Waals surface area contributed by atoms with Gasteiger partial charge >= 0.3 is 11.9 Å². The first kappa shape index (κ1) is 52.8. The molecule has 1 amide bonds. The van der Waals surface area contributed by atoms with Crippen LogP contribution in [0.15, 0.2) is 30.3 Å². The average Bonchev–Trinajstić information content (AvgIpc) is 3.22. The van der Waals surface area contributed by atoms with E-state index in [1.54, 1.807) is 30.3 Å². The van der Waals surface area contributed by atoms with Crippen LogP contribution < -0.4 is 5.32 Å². The first-order valence-electron chi connectivity index (χ1n) is 19.3. The van der Waals surface area contributed by atoms with Gasteiger partial charge < -0.3 is 76.7 Å². The lowest BCUT2D eigenvalue weighted by molar-refractivity contribution is -0.143. The molecule has 334 valence electrons. The summed E-state index contributed by atoms with van der Waals surface area (Å²) in [6.45, 7) is 9.43. The molecular weight excluding hydrogens is 774 g/mol. The predicted octanol–water partition coefficient (Wildman–Crippen LogP) is -0.171. The zero-order valence-electron chi connectivity index (χ0n) is 33.5. The van der Waals surface area contributed by atoms with E-state index in [-0.39, 0.29) is 25.4 Å². The molecule has 0 unspecified atom stereocenters. The van der Waals surface area contributed by atoms with Gasteiger partial charge in [0.15, 0.2) is 0 Å². The van der Waals surface area contributed by atoms with Crippen molar-refractivity contribution >= 4 is 23.6 Å². The number of rotatable bonds is 45. The molecule has 0 aliphatic heterocycles. The van der Waals surface area contributed by atoms with Crippen LogP contribution >= 0.6 is 0 Å². The standard InChI is InChI=1S/C38H63NO19/c40-35(32-57-33-36(41)42)39-6-7-45-8-9-46-10-11-47-12-13-48-14-15-49-16-17-50-18-19-51-20-21-52-22-23-53-24-25-54-26-27-55-28-29-56-30-31-58-38(44)37(43)34-4-2-1-3-5-34/h1-5H,6-33H2,(H,39,40)(H,41,42). The Morgan fingerprint density at radius 1 is 0.397 bits per heavy atom. The van der Waals surface area contributed by atoms with Gasteiger partial charge in [-0.15, -0.1) is 0 Å². The Morgan fingerprint density at radius 2 is 0.707 bits per heavy atom. The van der Waals surface area contributed by atoms with Crippen LogP contribution in [0.3, 0.4) is 0 Å². The summed E-state index contributed by atoms with van der Waals surface area (Å²) in [5, 5.41) is 11.0. The number of carboxylic acid groups (broad SMARTS) is 1. The van der Waals surface area contributed by atoms with Gasteiger partial charge in [0.05, 0.1) is 159 Å². The fourth-order valence-corrected chi connectivity index (χ4v) is 4.03. The number of hydrogen-bond acceptors (Lipinski definition) is 18. The minimum Gasteiger partial charge on any atom is -0.480 e. The van der Waals surface area contributed by atoms with Crippen LogP contribution in [0, 0.1) is 0 Å². The molecule has 0 aliphatic rings. The molecule has 2 N–H and O–H groups in total. The molecule has 1 aromatic rings. The van der Waals surface area contributed by atoms with Gasteiger partial charge in [-0.2, -0.15) is 0 Å². The highest BCUT2D eigenvalue weighted by Gasteiger charge is 2.17. The maximum atomic E-state index is 11.9. The molecule has 0 saturated heterocycles. The van der Waals surface area contributed by atoms with Crippen molar-refractivity contribution in [2.45, 2.75) is 0 Å². The molecular formula is C38H63NO19. The molecule has 0 atom stereocenters. The Hall–Kier alpha value is -3.22. The molecule has 20 nitrogen and oxygen atoms in total. The summed E-state index contributed by atoms with van der Waals surface area (Å²) in [7, 11) is 0. The number of amides is 1. The lowest BCUT2D eigenvalue weighted by Crippen LogP contribution is -2.31. The molecule has 58 heavy (non-hydrogen) atoms. The highest BCUT2D eigenvalue weighted by Crippen LogP contribution is 2.01. The second-order valence-electron chi connectivity index (χ2n) is 11.4. The molecule has 0 spiro atoms. The number of carbonyl (C=O) groups excluding carboxylic acids is 3. The van der Waals surface area contributed by atoms with Crippen LogP contribution in [0.4, 0.5) is 0 Å². The summed E-state index contributed by atoms with van der Waals surface area (Å²) >= 11 is 0. The van der Waals surface area contributed by atoms with Crippen molar-refractivity contribution in [1.82, 2.24) is 5.32 Å². The summed E-state index contributed by atoms with van der Waals surface area (Å²) in [6, 6.07) is 8.23. The molecule has 0 bridgehead atoms. The molecule has 0 aliphatic carbocycles. The van der Waals surface area contributed by atoms with Gasteiger partial charge in [-0.3, -0.25) is 9.59 Å². The number of benzene rings is 1. The topological polar surface area (TPSA) is 230 Å². The lowest BCUT2D eigenvalue weighted by atomic mass is 10.1. The van der Waals surface area contributed by atoms with Gasteiger partial charge in [0.1, 0.15) is 19.8 Å². The number of aliphatic carboxylic acids is 1. The SMILES string of the molecule is O=C(O)COCC(=O)NCCOCCOCCOCCOCCOCCOCCOCCOCCOCCOCCOCCOCCOC(=O)C(=O)c1ccccc1. The summed E-state index contributed by atoms with van der Waals surface area (Å²) < 4.78 is 74.7. The number of hydrogen-bond donors (Lipinski definition) is 2. The molecule has 0 heterocycles. The largest absolute Gasteiger partial charge is 0.480 e. The third-order valence-electron chi connectivity index (χ3n) is 6.80. The summed E-state index contributed by atoms with van der Waals surface area (Å²) in [5.41, 5.74) is 0.287. The van der Waals surface area contributed by atoms with Crippen LogP contribution in [0.2, 0.25) is 0 Å². The van der Waals surface area contributed by atoms with Gasteiger partial charge in [0.2, 0.25) is 5.91 Å². The summed E-state index contributed by atoms with van der Waals surface area (Å²) in [4.78, 5) is 45.3. The van der Waals surface area contributed by atoms with Crippen LogP contribution in [0.5, 0.6) is 0 Å². The van der Waals surface area contributed by atoms with E-state index in [1.165, 1.54) is 0 Å². The fraction of sp³-hybridized carbons (Fsp3) is 0.737. The van der Waals surface area contributed by atoms with Crippen LogP contribution in [-0.4, -0.2) is 214 Å². The van der Waals surface area contributed by atoms with Crippen LogP contribution in [-0.2, 0) is 80.7 Å². The van der Waals surface area contributed by atoms with Gasteiger partial charge in [-0.1, -0.05) is 30.3 Å². The molecule has 1 rings (SSSR count). The van der Waals surface area contributed by atoms with Gasteiger partial charge in [0.25, 0.3) is 5.78 Å². The van der Waals surface area contributed by atoms with Crippen molar-refractivity contribution in [3.05, 3.63) is 35.9 Å². The zero-order valence-corrected chi connectivity index (χ0v) is 33.5. The van der Waals surface area contributed by atoms with Gasteiger partial charge in [-0.05, 0) is 0 Å². The maximum Gasteiger partial charge on any atom is 0.379 e. The van der Waals surface area contributed by atoms with Crippen LogP contribution in [0.25, 0.3) is 0 Å².